The molecule has 0 spiro atoms. The molecule has 1 rings (SSSR count). The third-order valence-electron chi connectivity index (χ3n) is 2.40. The molecule has 0 unspecified atom stereocenters. The predicted molar refractivity (Wildman–Crippen MR) is 53.6 cm³/mol. The van der Waals surface area contributed by atoms with Crippen LogP contribution in [0.5, 0.6) is 0 Å². The summed E-state index contributed by atoms with van der Waals surface area (Å²) in [5.74, 6) is 0. The summed E-state index contributed by atoms with van der Waals surface area (Å²) in [6.45, 7) is 2.00. The van der Waals surface area contributed by atoms with Crippen molar-refractivity contribution < 1.29 is 13.2 Å². The van der Waals surface area contributed by atoms with Gasteiger partial charge in [0.1, 0.15) is 0 Å². The number of hydrogen-bond acceptors (Lipinski definition) is 1. The van der Waals surface area contributed by atoms with E-state index in [4.69, 9.17) is 5.73 Å². The van der Waals surface area contributed by atoms with Crippen molar-refractivity contribution in [3.05, 3.63) is 34.9 Å². The van der Waals surface area contributed by atoms with Crippen molar-refractivity contribution in [3.63, 3.8) is 0 Å². The Labute approximate surface area is 87.1 Å². The van der Waals surface area contributed by atoms with E-state index in [1.807, 2.05) is 0 Å². The van der Waals surface area contributed by atoms with Crippen LogP contribution in [0.1, 0.15) is 23.1 Å². The van der Waals surface area contributed by atoms with Gasteiger partial charge in [0.05, 0.1) is 5.56 Å². The lowest BCUT2D eigenvalue weighted by Gasteiger charge is -2.13. The minimum absolute atomic E-state index is 0.318. The monoisotopic (exact) mass is 217 g/mol. The Hall–Kier alpha value is -1.03. The highest BCUT2D eigenvalue weighted by Gasteiger charge is 2.32. The number of benzene rings is 1. The molecule has 0 radical (unpaired) electrons. The van der Waals surface area contributed by atoms with Gasteiger partial charge < -0.3 is 5.73 Å². The molecule has 0 saturated heterocycles. The first-order chi connectivity index (χ1) is 6.96. The molecule has 84 valence electrons. The van der Waals surface area contributed by atoms with E-state index >= 15 is 0 Å². The first kappa shape index (κ1) is 12.0. The minimum Gasteiger partial charge on any atom is -0.330 e. The molecule has 0 aromatic heterocycles. The first-order valence-corrected chi connectivity index (χ1v) is 4.82. The molecule has 15 heavy (non-hydrogen) atoms. The van der Waals surface area contributed by atoms with E-state index in [1.165, 1.54) is 13.0 Å². The highest BCUT2D eigenvalue weighted by molar-refractivity contribution is 5.36. The van der Waals surface area contributed by atoms with E-state index in [9.17, 15) is 13.2 Å². The van der Waals surface area contributed by atoms with Gasteiger partial charge in [0.25, 0.3) is 0 Å². The van der Waals surface area contributed by atoms with Crippen molar-refractivity contribution in [1.29, 1.82) is 0 Å². The number of rotatable bonds is 3. The van der Waals surface area contributed by atoms with Crippen LogP contribution in [-0.4, -0.2) is 6.54 Å². The SMILES string of the molecule is Cc1c(CCCN)cccc1C(F)(F)F. The van der Waals surface area contributed by atoms with E-state index in [1.54, 1.807) is 6.07 Å². The van der Waals surface area contributed by atoms with E-state index in [-0.39, 0.29) is 0 Å². The number of hydrogen-bond donors (Lipinski definition) is 1. The second-order valence-corrected chi connectivity index (χ2v) is 3.48. The van der Waals surface area contributed by atoms with Crippen molar-refractivity contribution in [2.24, 2.45) is 5.73 Å². The molecule has 0 aliphatic rings. The fourth-order valence-corrected chi connectivity index (χ4v) is 1.55. The Morgan fingerprint density at radius 2 is 1.93 bits per heavy atom. The van der Waals surface area contributed by atoms with Crippen molar-refractivity contribution in [3.8, 4) is 0 Å². The number of nitrogens with two attached hydrogens (primary N) is 1. The molecule has 0 aliphatic carbocycles. The molecule has 1 aromatic rings. The second-order valence-electron chi connectivity index (χ2n) is 3.48. The van der Waals surface area contributed by atoms with Crippen molar-refractivity contribution in [2.45, 2.75) is 25.9 Å². The maximum absolute atomic E-state index is 12.5. The summed E-state index contributed by atoms with van der Waals surface area (Å²) in [4.78, 5) is 0. The van der Waals surface area contributed by atoms with Gasteiger partial charge in [0.2, 0.25) is 0 Å². The highest BCUT2D eigenvalue weighted by Crippen LogP contribution is 2.33. The second kappa shape index (κ2) is 4.66. The van der Waals surface area contributed by atoms with Gasteiger partial charge in [-0.05, 0) is 43.5 Å². The Balaban J connectivity index is 3.01. The topological polar surface area (TPSA) is 26.0 Å². The van der Waals surface area contributed by atoms with Crippen LogP contribution < -0.4 is 5.73 Å². The average molecular weight is 217 g/mol. The molecule has 0 aliphatic heterocycles. The Morgan fingerprint density at radius 3 is 2.47 bits per heavy atom. The summed E-state index contributed by atoms with van der Waals surface area (Å²) in [5, 5.41) is 0. The summed E-state index contributed by atoms with van der Waals surface area (Å²) < 4.78 is 37.6. The van der Waals surface area contributed by atoms with Crippen LogP contribution in [0.2, 0.25) is 0 Å². The zero-order chi connectivity index (χ0) is 11.5. The molecular weight excluding hydrogens is 203 g/mol. The maximum atomic E-state index is 12.5. The third kappa shape index (κ3) is 2.96. The van der Waals surface area contributed by atoms with E-state index in [0.29, 0.717) is 24.9 Å². The van der Waals surface area contributed by atoms with Gasteiger partial charge in [-0.2, -0.15) is 13.2 Å². The summed E-state index contributed by atoms with van der Waals surface area (Å²) in [5.41, 5.74) is 5.83. The summed E-state index contributed by atoms with van der Waals surface area (Å²) in [7, 11) is 0. The van der Waals surface area contributed by atoms with Crippen molar-refractivity contribution in [1.82, 2.24) is 0 Å². The quantitative estimate of drug-likeness (QED) is 0.827. The molecule has 0 atom stereocenters. The molecule has 0 amide bonds. The zero-order valence-electron chi connectivity index (χ0n) is 8.56. The number of aryl methyl sites for hydroxylation is 1. The van der Waals surface area contributed by atoms with Crippen LogP contribution in [0.3, 0.4) is 0 Å². The van der Waals surface area contributed by atoms with Gasteiger partial charge in [-0.1, -0.05) is 12.1 Å². The molecular formula is C11H14F3N. The van der Waals surface area contributed by atoms with Gasteiger partial charge in [0, 0.05) is 0 Å². The average Bonchev–Trinajstić information content (AvgIpc) is 2.14. The third-order valence-corrected chi connectivity index (χ3v) is 2.40. The van der Waals surface area contributed by atoms with Gasteiger partial charge in [-0.25, -0.2) is 0 Å². The van der Waals surface area contributed by atoms with Gasteiger partial charge in [0.15, 0.2) is 0 Å². The van der Waals surface area contributed by atoms with E-state index < -0.39 is 11.7 Å². The van der Waals surface area contributed by atoms with Gasteiger partial charge in [-0.3, -0.25) is 0 Å². The Morgan fingerprint density at radius 1 is 1.27 bits per heavy atom. The lowest BCUT2D eigenvalue weighted by atomic mass is 9.98. The van der Waals surface area contributed by atoms with Crippen LogP contribution in [0.25, 0.3) is 0 Å². The normalized spacial score (nSPS) is 11.8. The van der Waals surface area contributed by atoms with E-state index in [2.05, 4.69) is 0 Å². The predicted octanol–water partition coefficient (Wildman–Crippen LogP) is 2.91. The first-order valence-electron chi connectivity index (χ1n) is 4.82. The van der Waals surface area contributed by atoms with Crippen LogP contribution in [0, 0.1) is 6.92 Å². The number of halogens is 3. The molecule has 0 saturated carbocycles. The van der Waals surface area contributed by atoms with E-state index in [0.717, 1.165) is 11.6 Å². The standard InChI is InChI=1S/C11H14F3N/c1-8-9(5-3-7-15)4-2-6-10(8)11(12,13)14/h2,4,6H,3,5,7,15H2,1H3. The highest BCUT2D eigenvalue weighted by atomic mass is 19.4. The van der Waals surface area contributed by atoms with Crippen molar-refractivity contribution >= 4 is 0 Å². The van der Waals surface area contributed by atoms with Crippen LogP contribution in [0.4, 0.5) is 13.2 Å². The van der Waals surface area contributed by atoms with Crippen molar-refractivity contribution in [2.75, 3.05) is 6.54 Å². The summed E-state index contributed by atoms with van der Waals surface area (Å²) >= 11 is 0. The van der Waals surface area contributed by atoms with Gasteiger partial charge >= 0.3 is 6.18 Å². The maximum Gasteiger partial charge on any atom is 0.416 e. The summed E-state index contributed by atoms with van der Waals surface area (Å²) in [6, 6.07) is 4.28. The Kier molecular flexibility index (Phi) is 3.74. The lowest BCUT2D eigenvalue weighted by molar-refractivity contribution is -0.138. The molecule has 0 heterocycles. The van der Waals surface area contributed by atoms with Crippen LogP contribution in [-0.2, 0) is 12.6 Å². The zero-order valence-corrected chi connectivity index (χ0v) is 8.56. The fourth-order valence-electron chi connectivity index (χ4n) is 1.55. The lowest BCUT2D eigenvalue weighted by Crippen LogP contribution is -2.09. The molecule has 2 N–H and O–H groups in total. The van der Waals surface area contributed by atoms with Crippen LogP contribution >= 0.6 is 0 Å². The smallest absolute Gasteiger partial charge is 0.330 e. The Bertz CT molecular complexity index is 331. The number of alkyl halides is 3. The molecule has 4 heteroatoms. The summed E-state index contributed by atoms with van der Waals surface area (Å²) in [6.07, 6.45) is -2.95. The minimum atomic E-state index is -4.26. The van der Waals surface area contributed by atoms with Crippen LogP contribution in [0.15, 0.2) is 18.2 Å². The molecule has 0 bridgehead atoms. The largest absolute Gasteiger partial charge is 0.416 e. The fraction of sp³-hybridized carbons (Fsp3) is 0.455. The molecule has 0 fully saturated rings. The molecule has 1 nitrogen and oxygen atoms in total. The molecule has 1 aromatic carbocycles. The van der Waals surface area contributed by atoms with Gasteiger partial charge in [-0.15, -0.1) is 0 Å².